The van der Waals surface area contributed by atoms with Gasteiger partial charge in [0.2, 0.25) is 5.95 Å². The van der Waals surface area contributed by atoms with Crippen LogP contribution in [0.1, 0.15) is 19.3 Å². The summed E-state index contributed by atoms with van der Waals surface area (Å²) in [6.07, 6.45) is 5.56. The van der Waals surface area contributed by atoms with E-state index in [0.717, 1.165) is 36.0 Å². The number of anilines is 1. The lowest BCUT2D eigenvalue weighted by molar-refractivity contribution is 0.337. The summed E-state index contributed by atoms with van der Waals surface area (Å²) in [6, 6.07) is 7.97. The molecule has 0 unspecified atom stereocenters. The highest BCUT2D eigenvalue weighted by Crippen LogP contribution is 2.26. The first-order chi connectivity index (χ1) is 12.7. The minimum absolute atomic E-state index is 0.224. The quantitative estimate of drug-likeness (QED) is 0.665. The predicted octanol–water partition coefficient (Wildman–Crippen LogP) is 2.22. The van der Waals surface area contributed by atoms with Gasteiger partial charge in [0.05, 0.1) is 0 Å². The van der Waals surface area contributed by atoms with Gasteiger partial charge >= 0.3 is 0 Å². The molecule has 0 amide bonds. The Kier molecular flexibility index (Phi) is 4.71. The molecule has 0 radical (unpaired) electrons. The van der Waals surface area contributed by atoms with E-state index in [4.69, 9.17) is 0 Å². The van der Waals surface area contributed by atoms with Crippen LogP contribution in [0.25, 0.3) is 22.2 Å². The smallest absolute Gasteiger partial charge is 0.279 e. The third-order valence-corrected chi connectivity index (χ3v) is 4.99. The number of hydrogen-bond acceptors (Lipinski definition) is 5. The van der Waals surface area contributed by atoms with Crippen LogP contribution in [0.3, 0.4) is 0 Å². The van der Waals surface area contributed by atoms with Gasteiger partial charge in [-0.15, -0.1) is 10.2 Å². The van der Waals surface area contributed by atoms with Crippen molar-refractivity contribution in [2.24, 2.45) is 7.05 Å². The molecule has 3 aromatic rings. The highest BCUT2D eigenvalue weighted by molar-refractivity contribution is 5.94. The first kappa shape index (κ1) is 16.8. The number of nitrogens with one attached hydrogen (secondary N) is 2. The molecule has 2 aromatic heterocycles. The number of aromatic nitrogens is 4. The minimum Gasteiger partial charge on any atom is -0.354 e. The van der Waals surface area contributed by atoms with Crippen LogP contribution in [-0.4, -0.2) is 50.8 Å². The molecule has 0 saturated carbocycles. The van der Waals surface area contributed by atoms with Gasteiger partial charge in [-0.05, 0) is 45.0 Å². The predicted molar refractivity (Wildman–Crippen MR) is 103 cm³/mol. The number of H-pyrrole nitrogens is 1. The first-order valence-electron chi connectivity index (χ1n) is 9.20. The molecule has 0 atom stereocenters. The highest BCUT2D eigenvalue weighted by atomic mass is 16.1. The fourth-order valence-electron chi connectivity index (χ4n) is 3.64. The van der Waals surface area contributed by atoms with Crippen LogP contribution in [-0.2, 0) is 7.05 Å². The van der Waals surface area contributed by atoms with Gasteiger partial charge in [0.15, 0.2) is 5.69 Å². The van der Waals surface area contributed by atoms with Gasteiger partial charge in [0, 0.05) is 36.3 Å². The van der Waals surface area contributed by atoms with E-state index in [1.54, 1.807) is 0 Å². The van der Waals surface area contributed by atoms with Crippen molar-refractivity contribution < 1.29 is 0 Å². The molecular weight excluding hydrogens is 328 g/mol. The summed E-state index contributed by atoms with van der Waals surface area (Å²) in [6.45, 7) is 4.26. The van der Waals surface area contributed by atoms with E-state index in [1.165, 1.54) is 25.9 Å². The van der Waals surface area contributed by atoms with Crippen molar-refractivity contribution in [1.29, 1.82) is 0 Å². The molecule has 1 aliphatic rings. The Balaban J connectivity index is 1.46. The second kappa shape index (κ2) is 7.29. The molecule has 1 aromatic carbocycles. The Bertz CT molecular complexity index is 954. The molecule has 0 spiro atoms. The second-order valence-corrected chi connectivity index (χ2v) is 6.85. The SMILES string of the molecule is Cn1cc(-c2nnc(NCCCN3CCCC3)[nH]c2=O)c2ccccc21. The zero-order valence-corrected chi connectivity index (χ0v) is 15.0. The van der Waals surface area contributed by atoms with Gasteiger partial charge in [-0.2, -0.15) is 0 Å². The fraction of sp³-hybridized carbons (Fsp3) is 0.421. The monoisotopic (exact) mass is 352 g/mol. The summed E-state index contributed by atoms with van der Waals surface area (Å²) < 4.78 is 2.00. The van der Waals surface area contributed by atoms with E-state index >= 15 is 0 Å². The number of nitrogens with zero attached hydrogens (tertiary/aromatic N) is 4. The maximum atomic E-state index is 12.5. The Morgan fingerprint density at radius 3 is 2.81 bits per heavy atom. The van der Waals surface area contributed by atoms with E-state index in [1.807, 2.05) is 42.1 Å². The van der Waals surface area contributed by atoms with Gasteiger partial charge in [0.1, 0.15) is 0 Å². The highest BCUT2D eigenvalue weighted by Gasteiger charge is 2.14. The fourth-order valence-corrected chi connectivity index (χ4v) is 3.64. The number of benzene rings is 1. The molecule has 0 bridgehead atoms. The van der Waals surface area contributed by atoms with Crippen molar-refractivity contribution in [1.82, 2.24) is 24.6 Å². The molecule has 1 saturated heterocycles. The van der Waals surface area contributed by atoms with E-state index in [2.05, 4.69) is 25.4 Å². The summed E-state index contributed by atoms with van der Waals surface area (Å²) in [7, 11) is 1.96. The molecule has 1 aliphatic heterocycles. The van der Waals surface area contributed by atoms with Crippen molar-refractivity contribution in [3.8, 4) is 11.3 Å². The van der Waals surface area contributed by atoms with Gasteiger partial charge in [-0.3, -0.25) is 9.78 Å². The second-order valence-electron chi connectivity index (χ2n) is 6.85. The maximum Gasteiger partial charge on any atom is 0.279 e. The molecular formula is C19H24N6O. The van der Waals surface area contributed by atoms with Gasteiger partial charge in [0.25, 0.3) is 5.56 Å². The Hall–Kier alpha value is -2.67. The standard InChI is InChI=1S/C19H24N6O/c1-24-13-15(14-7-2-3-8-16(14)24)17-18(26)21-19(23-22-17)20-9-6-12-25-10-4-5-11-25/h2-3,7-8,13H,4-6,9-12H2,1H3,(H2,20,21,23,26). The number of para-hydroxylation sites is 1. The Morgan fingerprint density at radius 1 is 1.19 bits per heavy atom. The van der Waals surface area contributed by atoms with Gasteiger partial charge in [-0.25, -0.2) is 0 Å². The molecule has 26 heavy (non-hydrogen) atoms. The number of hydrogen-bond donors (Lipinski definition) is 2. The number of aromatic amines is 1. The van der Waals surface area contributed by atoms with Gasteiger partial charge < -0.3 is 14.8 Å². The lowest BCUT2D eigenvalue weighted by Crippen LogP contribution is -2.23. The van der Waals surface area contributed by atoms with Crippen molar-refractivity contribution in [3.05, 3.63) is 40.8 Å². The van der Waals surface area contributed by atoms with E-state index in [9.17, 15) is 4.79 Å². The molecule has 136 valence electrons. The van der Waals surface area contributed by atoms with Crippen molar-refractivity contribution in [2.75, 3.05) is 31.5 Å². The van der Waals surface area contributed by atoms with E-state index in [0.29, 0.717) is 11.6 Å². The number of fused-ring (bicyclic) bond motifs is 1. The Morgan fingerprint density at radius 2 is 2.00 bits per heavy atom. The number of likely N-dealkylation sites (tertiary alicyclic amines) is 1. The van der Waals surface area contributed by atoms with Gasteiger partial charge in [-0.1, -0.05) is 18.2 Å². The molecule has 3 heterocycles. The first-order valence-corrected chi connectivity index (χ1v) is 9.20. The zero-order valence-electron chi connectivity index (χ0n) is 15.0. The lowest BCUT2D eigenvalue weighted by atomic mass is 10.1. The van der Waals surface area contributed by atoms with Crippen LogP contribution in [0.4, 0.5) is 5.95 Å². The van der Waals surface area contributed by atoms with E-state index in [-0.39, 0.29) is 5.56 Å². The average molecular weight is 352 g/mol. The van der Waals surface area contributed by atoms with Crippen LogP contribution in [0, 0.1) is 0 Å². The summed E-state index contributed by atoms with van der Waals surface area (Å²) in [5.74, 6) is 0.431. The minimum atomic E-state index is -0.224. The molecule has 4 rings (SSSR count). The van der Waals surface area contributed by atoms with Crippen LogP contribution in [0.15, 0.2) is 35.3 Å². The van der Waals surface area contributed by atoms with Crippen molar-refractivity contribution >= 4 is 16.9 Å². The topological polar surface area (TPSA) is 78.8 Å². The van der Waals surface area contributed by atoms with Crippen molar-refractivity contribution in [3.63, 3.8) is 0 Å². The molecule has 0 aliphatic carbocycles. The lowest BCUT2D eigenvalue weighted by Gasteiger charge is -2.14. The molecule has 7 nitrogen and oxygen atoms in total. The number of aryl methyl sites for hydroxylation is 1. The average Bonchev–Trinajstić information content (AvgIpc) is 3.28. The zero-order chi connectivity index (χ0) is 17.9. The van der Waals surface area contributed by atoms with E-state index < -0.39 is 0 Å². The summed E-state index contributed by atoms with van der Waals surface area (Å²) in [5.41, 5.74) is 1.99. The Labute approximate surface area is 152 Å². The summed E-state index contributed by atoms with van der Waals surface area (Å²) >= 11 is 0. The molecule has 7 heteroatoms. The molecule has 2 N–H and O–H groups in total. The van der Waals surface area contributed by atoms with Crippen LogP contribution in [0.2, 0.25) is 0 Å². The summed E-state index contributed by atoms with van der Waals surface area (Å²) in [5, 5.41) is 12.5. The maximum absolute atomic E-state index is 12.5. The van der Waals surface area contributed by atoms with Crippen LogP contribution < -0.4 is 10.9 Å². The molecule has 1 fully saturated rings. The third kappa shape index (κ3) is 3.35. The largest absolute Gasteiger partial charge is 0.354 e. The van der Waals surface area contributed by atoms with Crippen LogP contribution in [0.5, 0.6) is 0 Å². The van der Waals surface area contributed by atoms with Crippen molar-refractivity contribution in [2.45, 2.75) is 19.3 Å². The number of rotatable bonds is 6. The summed E-state index contributed by atoms with van der Waals surface area (Å²) in [4.78, 5) is 17.8. The third-order valence-electron chi connectivity index (χ3n) is 4.99. The van der Waals surface area contributed by atoms with Crippen LogP contribution >= 0.6 is 0 Å². The normalized spacial score (nSPS) is 15.0.